The quantitative estimate of drug-likeness (QED) is 0.917. The van der Waals surface area contributed by atoms with Crippen LogP contribution < -0.4 is 5.73 Å². The Morgan fingerprint density at radius 2 is 2.05 bits per heavy atom. The maximum Gasteiger partial charge on any atom is 0.247 e. The molecule has 2 N–H and O–H groups in total. The summed E-state index contributed by atoms with van der Waals surface area (Å²) < 4.78 is 32.7. The van der Waals surface area contributed by atoms with Gasteiger partial charge in [0.25, 0.3) is 0 Å². The summed E-state index contributed by atoms with van der Waals surface area (Å²) in [6, 6.07) is 0.102. The van der Waals surface area contributed by atoms with Crippen LogP contribution in [-0.4, -0.2) is 25.3 Å². The topological polar surface area (TPSA) is 76.5 Å². The zero-order valence-corrected chi connectivity index (χ0v) is 12.6. The predicted molar refractivity (Wildman–Crippen MR) is 73.3 cm³/mol. The lowest BCUT2D eigenvalue weighted by Gasteiger charge is -2.23. The highest BCUT2D eigenvalue weighted by Gasteiger charge is 2.38. The standard InChI is InChI=1S/C13H22N2O3S/c1-4-11-6-5-7-15(11)19(16,17)13-10(3)18-9(2)12(13)8-14/h11H,4-8,14H2,1-3H3. The second-order valence-electron chi connectivity index (χ2n) is 5.05. The van der Waals surface area contributed by atoms with E-state index in [1.165, 1.54) is 0 Å². The molecule has 108 valence electrons. The number of furan rings is 1. The van der Waals surface area contributed by atoms with Crippen molar-refractivity contribution in [1.82, 2.24) is 4.31 Å². The minimum atomic E-state index is -3.49. The van der Waals surface area contributed by atoms with E-state index in [0.29, 0.717) is 23.6 Å². The average Bonchev–Trinajstić information content (AvgIpc) is 2.93. The van der Waals surface area contributed by atoms with Crippen LogP contribution in [0.1, 0.15) is 43.3 Å². The van der Waals surface area contributed by atoms with Crippen molar-refractivity contribution in [2.75, 3.05) is 6.54 Å². The molecule has 1 saturated heterocycles. The van der Waals surface area contributed by atoms with Crippen LogP contribution in [0, 0.1) is 13.8 Å². The predicted octanol–water partition coefficient (Wildman–Crippen LogP) is 1.92. The van der Waals surface area contributed by atoms with Crippen LogP contribution in [0.5, 0.6) is 0 Å². The van der Waals surface area contributed by atoms with Gasteiger partial charge in [-0.25, -0.2) is 8.42 Å². The van der Waals surface area contributed by atoms with E-state index < -0.39 is 10.0 Å². The molecule has 1 fully saturated rings. The molecule has 1 aromatic rings. The van der Waals surface area contributed by atoms with E-state index >= 15 is 0 Å². The first-order valence-corrected chi connectivity index (χ1v) is 8.18. The maximum atomic E-state index is 12.8. The van der Waals surface area contributed by atoms with E-state index in [4.69, 9.17) is 10.2 Å². The summed E-state index contributed by atoms with van der Waals surface area (Å²) in [6.45, 7) is 6.25. The molecule has 6 heteroatoms. The van der Waals surface area contributed by atoms with E-state index in [1.807, 2.05) is 6.92 Å². The zero-order valence-electron chi connectivity index (χ0n) is 11.8. The fraction of sp³-hybridized carbons (Fsp3) is 0.692. The first kappa shape index (κ1) is 14.6. The van der Waals surface area contributed by atoms with Crippen LogP contribution in [0.2, 0.25) is 0 Å². The lowest BCUT2D eigenvalue weighted by molar-refractivity contribution is 0.378. The Morgan fingerprint density at radius 3 is 2.63 bits per heavy atom. The van der Waals surface area contributed by atoms with Gasteiger partial charge in [-0.1, -0.05) is 6.92 Å². The SMILES string of the molecule is CCC1CCCN1S(=O)(=O)c1c(C)oc(C)c1CN. The Balaban J connectivity index is 2.51. The number of sulfonamides is 1. The molecule has 0 spiro atoms. The smallest absolute Gasteiger partial charge is 0.247 e. The molecule has 1 unspecified atom stereocenters. The van der Waals surface area contributed by atoms with E-state index in [0.717, 1.165) is 19.3 Å². The van der Waals surface area contributed by atoms with Crippen molar-refractivity contribution >= 4 is 10.0 Å². The van der Waals surface area contributed by atoms with Gasteiger partial charge in [0.15, 0.2) is 0 Å². The average molecular weight is 286 g/mol. The Hall–Kier alpha value is -0.850. The van der Waals surface area contributed by atoms with Gasteiger partial charge in [0.1, 0.15) is 16.4 Å². The molecule has 2 rings (SSSR count). The van der Waals surface area contributed by atoms with Crippen molar-refractivity contribution in [2.24, 2.45) is 5.73 Å². The van der Waals surface area contributed by atoms with Gasteiger partial charge in [-0.15, -0.1) is 0 Å². The molecule has 0 amide bonds. The van der Waals surface area contributed by atoms with Crippen LogP contribution in [-0.2, 0) is 16.6 Å². The fourth-order valence-corrected chi connectivity index (χ4v) is 5.13. The Labute approximate surface area is 114 Å². The lowest BCUT2D eigenvalue weighted by atomic mass is 10.2. The normalized spacial score (nSPS) is 21.2. The maximum absolute atomic E-state index is 12.8. The molecule has 0 radical (unpaired) electrons. The van der Waals surface area contributed by atoms with Crippen LogP contribution in [0.4, 0.5) is 0 Å². The highest BCUT2D eigenvalue weighted by atomic mass is 32.2. The van der Waals surface area contributed by atoms with Crippen LogP contribution in [0.15, 0.2) is 9.31 Å². The van der Waals surface area contributed by atoms with E-state index in [2.05, 4.69) is 0 Å². The summed E-state index contributed by atoms with van der Waals surface area (Å²) in [6.07, 6.45) is 2.70. The first-order valence-electron chi connectivity index (χ1n) is 6.74. The Bertz CT molecular complexity index is 563. The summed E-state index contributed by atoms with van der Waals surface area (Å²) in [4.78, 5) is 0.285. The molecule has 1 aromatic heterocycles. The molecule has 1 aliphatic rings. The van der Waals surface area contributed by atoms with Gasteiger partial charge in [-0.2, -0.15) is 4.31 Å². The van der Waals surface area contributed by atoms with Gasteiger partial charge >= 0.3 is 0 Å². The Kier molecular flexibility index (Phi) is 4.03. The Morgan fingerprint density at radius 1 is 1.37 bits per heavy atom. The minimum absolute atomic E-state index is 0.102. The molecule has 1 aliphatic heterocycles. The van der Waals surface area contributed by atoms with Gasteiger partial charge in [0.2, 0.25) is 10.0 Å². The van der Waals surface area contributed by atoms with Crippen LogP contribution >= 0.6 is 0 Å². The highest BCUT2D eigenvalue weighted by molar-refractivity contribution is 7.89. The molecular formula is C13H22N2O3S. The van der Waals surface area contributed by atoms with Crippen molar-refractivity contribution in [2.45, 2.75) is 57.5 Å². The second kappa shape index (κ2) is 5.26. The van der Waals surface area contributed by atoms with Crippen molar-refractivity contribution in [3.8, 4) is 0 Å². The van der Waals surface area contributed by atoms with Gasteiger partial charge in [0, 0.05) is 24.7 Å². The summed E-state index contributed by atoms with van der Waals surface area (Å²) >= 11 is 0. The molecule has 0 bridgehead atoms. The second-order valence-corrected chi connectivity index (χ2v) is 6.87. The molecule has 0 aliphatic carbocycles. The summed E-state index contributed by atoms with van der Waals surface area (Å²) in [7, 11) is -3.49. The largest absolute Gasteiger partial charge is 0.465 e. The van der Waals surface area contributed by atoms with Crippen molar-refractivity contribution in [3.05, 3.63) is 17.1 Å². The third kappa shape index (κ3) is 2.32. The van der Waals surface area contributed by atoms with E-state index in [-0.39, 0.29) is 17.5 Å². The van der Waals surface area contributed by atoms with E-state index in [9.17, 15) is 8.42 Å². The third-order valence-electron chi connectivity index (χ3n) is 3.89. The molecule has 1 atom stereocenters. The van der Waals surface area contributed by atoms with Gasteiger partial charge in [-0.3, -0.25) is 0 Å². The fourth-order valence-electron chi connectivity index (χ4n) is 2.93. The van der Waals surface area contributed by atoms with Crippen LogP contribution in [0.25, 0.3) is 0 Å². The number of nitrogens with zero attached hydrogens (tertiary/aromatic N) is 1. The molecule has 5 nitrogen and oxygen atoms in total. The van der Waals surface area contributed by atoms with E-state index in [1.54, 1.807) is 18.2 Å². The van der Waals surface area contributed by atoms with Crippen LogP contribution in [0.3, 0.4) is 0 Å². The zero-order chi connectivity index (χ0) is 14.2. The molecule has 2 heterocycles. The molecular weight excluding hydrogens is 264 g/mol. The molecule has 19 heavy (non-hydrogen) atoms. The minimum Gasteiger partial charge on any atom is -0.465 e. The third-order valence-corrected chi connectivity index (χ3v) is 6.04. The summed E-state index contributed by atoms with van der Waals surface area (Å²) in [5.74, 6) is 1.05. The summed E-state index contributed by atoms with van der Waals surface area (Å²) in [5.41, 5.74) is 6.29. The van der Waals surface area contributed by atoms with Gasteiger partial charge < -0.3 is 10.2 Å². The lowest BCUT2D eigenvalue weighted by Crippen LogP contribution is -2.35. The number of rotatable bonds is 4. The van der Waals surface area contributed by atoms with Crippen molar-refractivity contribution in [1.29, 1.82) is 0 Å². The molecule has 0 saturated carbocycles. The number of hydrogen-bond acceptors (Lipinski definition) is 4. The van der Waals surface area contributed by atoms with Crippen molar-refractivity contribution in [3.63, 3.8) is 0 Å². The monoisotopic (exact) mass is 286 g/mol. The number of hydrogen-bond donors (Lipinski definition) is 1. The number of nitrogens with two attached hydrogens (primary N) is 1. The highest BCUT2D eigenvalue weighted by Crippen LogP contribution is 2.33. The molecule has 0 aromatic carbocycles. The van der Waals surface area contributed by atoms with Crippen molar-refractivity contribution < 1.29 is 12.8 Å². The van der Waals surface area contributed by atoms with Gasteiger partial charge in [-0.05, 0) is 33.1 Å². The van der Waals surface area contributed by atoms with Gasteiger partial charge in [0.05, 0.1) is 0 Å². The first-order chi connectivity index (χ1) is 8.93. The summed E-state index contributed by atoms with van der Waals surface area (Å²) in [5, 5.41) is 0. The number of aryl methyl sites for hydroxylation is 2.